The molecule has 4 fully saturated rings. The van der Waals surface area contributed by atoms with Crippen molar-refractivity contribution in [3.05, 3.63) is 83.6 Å². The second-order valence-corrected chi connectivity index (χ2v) is 13.6. The molecule has 2 atom stereocenters. The fourth-order valence-corrected chi connectivity index (χ4v) is 7.54. The van der Waals surface area contributed by atoms with Crippen molar-refractivity contribution in [2.45, 2.75) is 63.1 Å². The van der Waals surface area contributed by atoms with Crippen molar-refractivity contribution in [2.24, 2.45) is 11.7 Å². The van der Waals surface area contributed by atoms with Crippen molar-refractivity contribution in [1.29, 1.82) is 0 Å². The van der Waals surface area contributed by atoms with Gasteiger partial charge in [0, 0.05) is 92.5 Å². The van der Waals surface area contributed by atoms with Gasteiger partial charge in [0.05, 0.1) is 5.56 Å². The molecule has 10 heteroatoms. The van der Waals surface area contributed by atoms with Crippen LogP contribution in [-0.4, -0.2) is 84.9 Å². The van der Waals surface area contributed by atoms with E-state index in [-0.39, 0.29) is 29.8 Å². The molecule has 3 aromatic rings. The van der Waals surface area contributed by atoms with E-state index in [0.29, 0.717) is 34.7 Å². The fraction of sp³-hybridized carbons (Fsp3) is 0.459. The predicted molar refractivity (Wildman–Crippen MR) is 184 cm³/mol. The monoisotopic (exact) mass is 635 g/mol. The number of benzene rings is 2. The van der Waals surface area contributed by atoms with Crippen molar-refractivity contribution in [3.63, 3.8) is 0 Å². The summed E-state index contributed by atoms with van der Waals surface area (Å²) < 4.78 is 0. The number of aromatic nitrogens is 1. The van der Waals surface area contributed by atoms with Crippen LogP contribution in [0.15, 0.2) is 66.9 Å². The number of carbonyl (C=O) groups is 3. The highest BCUT2D eigenvalue weighted by molar-refractivity contribution is 6.02. The van der Waals surface area contributed by atoms with Gasteiger partial charge < -0.3 is 26.2 Å². The van der Waals surface area contributed by atoms with Crippen LogP contribution in [0.1, 0.15) is 76.0 Å². The van der Waals surface area contributed by atoms with Gasteiger partial charge in [-0.1, -0.05) is 18.2 Å². The number of nitrogens with one attached hydrogen (secondary N) is 2. The molecule has 0 spiro atoms. The van der Waals surface area contributed by atoms with Crippen LogP contribution in [0.3, 0.4) is 0 Å². The fourth-order valence-electron chi connectivity index (χ4n) is 7.54. The molecular weight excluding hydrogens is 590 g/mol. The Morgan fingerprint density at radius 1 is 0.851 bits per heavy atom. The Hall–Kier alpha value is -4.44. The Labute approximate surface area is 276 Å². The molecule has 3 saturated heterocycles. The lowest BCUT2D eigenvalue weighted by atomic mass is 9.96. The smallest absolute Gasteiger partial charge is 0.251 e. The summed E-state index contributed by atoms with van der Waals surface area (Å²) in [6, 6.07) is 20.1. The number of rotatable bonds is 12. The quantitative estimate of drug-likeness (QED) is 0.252. The van der Waals surface area contributed by atoms with E-state index in [1.807, 2.05) is 18.2 Å². The summed E-state index contributed by atoms with van der Waals surface area (Å²) in [4.78, 5) is 50.2. The Morgan fingerprint density at radius 3 is 2.23 bits per heavy atom. The highest BCUT2D eigenvalue weighted by Gasteiger charge is 2.42. The third-order valence-corrected chi connectivity index (χ3v) is 10.4. The van der Waals surface area contributed by atoms with Crippen molar-refractivity contribution >= 4 is 34.8 Å². The molecule has 246 valence electrons. The number of amides is 2. The molecule has 1 saturated carbocycles. The van der Waals surface area contributed by atoms with Gasteiger partial charge in [-0.3, -0.25) is 19.3 Å². The maximum absolute atomic E-state index is 13.3. The topological polar surface area (TPSA) is 124 Å². The second kappa shape index (κ2) is 13.7. The standard InChI is InChI=1S/C37H45N7O3/c38-36(46)32-12-8-26(20-33(32)39-23-25-6-7-25)37(47)41-28-21-30-10-11-31(22-28)44(30)35-13-9-27(24-40-35)34(45)14-15-42-16-18-43(19-17-42)29-4-2-1-3-5-29/h1-5,8-9,12-13,20,24-25,28,30-31,39H,6-7,10-11,14-19,21-23H2,(H2,38,46)(H,41,47). The lowest BCUT2D eigenvalue weighted by molar-refractivity contribution is 0.0924. The van der Waals surface area contributed by atoms with Crippen molar-refractivity contribution in [2.75, 3.05) is 54.4 Å². The number of hydrogen-bond acceptors (Lipinski definition) is 8. The Balaban J connectivity index is 0.901. The van der Waals surface area contributed by atoms with Crippen molar-refractivity contribution in [1.82, 2.24) is 15.2 Å². The first-order chi connectivity index (χ1) is 22.9. The minimum Gasteiger partial charge on any atom is -0.384 e. The number of piperidine rings is 1. The second-order valence-electron chi connectivity index (χ2n) is 13.6. The summed E-state index contributed by atoms with van der Waals surface area (Å²) in [6.45, 7) is 5.40. The highest BCUT2D eigenvalue weighted by atomic mass is 16.2. The van der Waals surface area contributed by atoms with E-state index in [9.17, 15) is 14.4 Å². The zero-order valence-corrected chi connectivity index (χ0v) is 26.9. The molecule has 4 aliphatic rings. The average Bonchev–Trinajstić information content (AvgIpc) is 3.89. The number of hydrogen-bond donors (Lipinski definition) is 3. The van der Waals surface area contributed by atoms with E-state index in [1.54, 1.807) is 24.4 Å². The van der Waals surface area contributed by atoms with Gasteiger partial charge in [-0.2, -0.15) is 0 Å². The van der Waals surface area contributed by atoms with E-state index in [0.717, 1.165) is 70.8 Å². The minimum absolute atomic E-state index is 0.0605. The van der Waals surface area contributed by atoms with Crippen molar-refractivity contribution in [3.8, 4) is 0 Å². The first kappa shape index (κ1) is 31.2. The molecule has 1 aromatic heterocycles. The molecule has 7 rings (SSSR count). The number of nitrogens with zero attached hydrogens (tertiary/aromatic N) is 4. The number of anilines is 3. The number of Topliss-reactive ketones (excluding diaryl/α,β-unsaturated/α-hetero) is 1. The molecule has 4 N–H and O–H groups in total. The summed E-state index contributed by atoms with van der Waals surface area (Å²) in [7, 11) is 0. The Bertz CT molecular complexity index is 1570. The van der Waals surface area contributed by atoms with E-state index in [1.165, 1.54) is 18.5 Å². The highest BCUT2D eigenvalue weighted by Crippen LogP contribution is 2.39. The summed E-state index contributed by atoms with van der Waals surface area (Å²) in [5.41, 5.74) is 9.07. The van der Waals surface area contributed by atoms with E-state index in [4.69, 9.17) is 10.7 Å². The number of pyridine rings is 1. The largest absolute Gasteiger partial charge is 0.384 e. The van der Waals surface area contributed by atoms with Crippen LogP contribution < -0.4 is 26.2 Å². The number of carbonyl (C=O) groups excluding carboxylic acids is 3. The number of ketones is 1. The van der Waals surface area contributed by atoms with E-state index in [2.05, 4.69) is 49.6 Å². The summed E-state index contributed by atoms with van der Waals surface area (Å²) >= 11 is 0. The molecule has 2 unspecified atom stereocenters. The normalized spacial score (nSPS) is 22.6. The van der Waals surface area contributed by atoms with Gasteiger partial charge in [0.2, 0.25) is 0 Å². The first-order valence-electron chi connectivity index (χ1n) is 17.2. The molecule has 2 bridgehead atoms. The summed E-state index contributed by atoms with van der Waals surface area (Å²) in [6.07, 6.45) is 8.40. The molecule has 10 nitrogen and oxygen atoms in total. The molecule has 2 aromatic carbocycles. The molecule has 0 radical (unpaired) electrons. The lowest BCUT2D eigenvalue weighted by Crippen LogP contribution is -2.50. The number of nitrogens with two attached hydrogens (primary N) is 1. The molecule has 2 amide bonds. The zero-order valence-electron chi connectivity index (χ0n) is 26.9. The van der Waals surface area contributed by atoms with Crippen LogP contribution in [0.2, 0.25) is 0 Å². The molecule has 1 aliphatic carbocycles. The number of primary amides is 1. The number of fused-ring (bicyclic) bond motifs is 2. The van der Waals surface area contributed by atoms with Crippen LogP contribution in [0.25, 0.3) is 0 Å². The van der Waals surface area contributed by atoms with Gasteiger partial charge in [0.15, 0.2) is 5.78 Å². The SMILES string of the molecule is NC(=O)c1ccc(C(=O)NC2CC3CCC(C2)N3c2ccc(C(=O)CCN3CCN(c4ccccc4)CC3)cn2)cc1NCC1CC1. The maximum Gasteiger partial charge on any atom is 0.251 e. The molecule has 47 heavy (non-hydrogen) atoms. The Kier molecular flexibility index (Phi) is 9.11. The van der Waals surface area contributed by atoms with Crippen LogP contribution in [-0.2, 0) is 0 Å². The molecular formula is C37H45N7O3. The van der Waals surface area contributed by atoms with Crippen LogP contribution in [0.4, 0.5) is 17.2 Å². The third kappa shape index (κ3) is 7.27. The molecule has 4 heterocycles. The van der Waals surface area contributed by atoms with Gasteiger partial charge in [-0.25, -0.2) is 4.98 Å². The zero-order chi connectivity index (χ0) is 32.3. The van der Waals surface area contributed by atoms with Gasteiger partial charge in [0.25, 0.3) is 11.8 Å². The first-order valence-corrected chi connectivity index (χ1v) is 17.2. The van der Waals surface area contributed by atoms with E-state index >= 15 is 0 Å². The van der Waals surface area contributed by atoms with Crippen LogP contribution in [0, 0.1) is 5.92 Å². The van der Waals surface area contributed by atoms with Gasteiger partial charge in [-0.05, 0) is 86.9 Å². The predicted octanol–water partition coefficient (Wildman–Crippen LogP) is 4.33. The minimum atomic E-state index is -0.501. The van der Waals surface area contributed by atoms with Gasteiger partial charge >= 0.3 is 0 Å². The van der Waals surface area contributed by atoms with Gasteiger partial charge in [-0.15, -0.1) is 0 Å². The van der Waals surface area contributed by atoms with Crippen LogP contribution >= 0.6 is 0 Å². The Morgan fingerprint density at radius 2 is 1.57 bits per heavy atom. The number of para-hydroxylation sites is 1. The van der Waals surface area contributed by atoms with Gasteiger partial charge in [0.1, 0.15) is 5.82 Å². The average molecular weight is 636 g/mol. The number of piperazine rings is 1. The van der Waals surface area contributed by atoms with Crippen LogP contribution in [0.5, 0.6) is 0 Å². The third-order valence-electron chi connectivity index (χ3n) is 10.4. The van der Waals surface area contributed by atoms with Crippen molar-refractivity contribution < 1.29 is 14.4 Å². The molecule has 3 aliphatic heterocycles. The lowest BCUT2D eigenvalue weighted by Gasteiger charge is -2.40. The maximum atomic E-state index is 13.3. The summed E-state index contributed by atoms with van der Waals surface area (Å²) in [5, 5.41) is 6.58. The summed E-state index contributed by atoms with van der Waals surface area (Å²) in [5.74, 6) is 1.03. The van der Waals surface area contributed by atoms with E-state index < -0.39 is 5.91 Å².